The van der Waals surface area contributed by atoms with Crippen molar-refractivity contribution in [1.82, 2.24) is 30.1 Å². The van der Waals surface area contributed by atoms with Crippen molar-refractivity contribution in [3.8, 4) is 28.8 Å². The predicted molar refractivity (Wildman–Crippen MR) is 174 cm³/mol. The lowest BCUT2D eigenvalue weighted by molar-refractivity contribution is 0.252. The molecule has 4 rings (SSSR count). The molecule has 238 valence electrons. The average Bonchev–Trinajstić information content (AvgIpc) is 3.42. The first kappa shape index (κ1) is 33.1. The lowest BCUT2D eigenvalue weighted by Gasteiger charge is -2.26. The van der Waals surface area contributed by atoms with Crippen LogP contribution in [-0.4, -0.2) is 62.6 Å². The first-order chi connectivity index (χ1) is 21.1. The van der Waals surface area contributed by atoms with Crippen LogP contribution in [0.25, 0.3) is 11.5 Å². The summed E-state index contributed by atoms with van der Waals surface area (Å²) in [6, 6.07) is 10.5. The molecule has 2 aromatic heterocycles. The van der Waals surface area contributed by atoms with Gasteiger partial charge in [-0.3, -0.25) is 4.98 Å². The maximum Gasteiger partial charge on any atom is 0.339 e. The van der Waals surface area contributed by atoms with E-state index in [0.29, 0.717) is 29.4 Å². The van der Waals surface area contributed by atoms with Crippen LogP contribution in [0.4, 0.5) is 14.9 Å². The highest BCUT2D eigenvalue weighted by molar-refractivity contribution is 5.91. The third-order valence-electron chi connectivity index (χ3n) is 6.96. The van der Waals surface area contributed by atoms with Crippen molar-refractivity contribution < 1.29 is 19.0 Å². The number of hydrogen-bond donors (Lipinski definition) is 3. The van der Waals surface area contributed by atoms with Crippen LogP contribution in [0.3, 0.4) is 0 Å². The molecular weight excluding hydrogens is 575 g/mol. The predicted octanol–water partition coefficient (Wildman–Crippen LogP) is 6.29. The van der Waals surface area contributed by atoms with Gasteiger partial charge < -0.3 is 24.6 Å². The Hall–Kier alpha value is -4.84. The van der Waals surface area contributed by atoms with E-state index >= 15 is 0 Å². The van der Waals surface area contributed by atoms with E-state index in [-0.39, 0.29) is 28.0 Å². The topological polar surface area (TPSA) is 130 Å². The molecule has 0 saturated carbocycles. The van der Waals surface area contributed by atoms with E-state index in [0.717, 1.165) is 23.7 Å². The number of carbonyl (C=O) groups is 1. The number of urea groups is 1. The minimum atomic E-state index is -0.681. The minimum absolute atomic E-state index is 0.0333. The lowest BCUT2D eigenvalue weighted by Crippen LogP contribution is -2.24. The van der Waals surface area contributed by atoms with E-state index in [1.165, 1.54) is 18.3 Å². The van der Waals surface area contributed by atoms with E-state index in [1.54, 1.807) is 24.7 Å². The zero-order valence-electron chi connectivity index (χ0n) is 27.0. The Morgan fingerprint density at radius 1 is 1.09 bits per heavy atom. The van der Waals surface area contributed by atoms with Gasteiger partial charge in [0.15, 0.2) is 17.4 Å². The molecule has 11 nitrogen and oxygen atoms in total. The number of nitrogens with one attached hydrogen (secondary N) is 2. The monoisotopic (exact) mass is 616 g/mol. The zero-order chi connectivity index (χ0) is 32.9. The van der Waals surface area contributed by atoms with Crippen molar-refractivity contribution in [3.05, 3.63) is 77.5 Å². The van der Waals surface area contributed by atoms with Crippen LogP contribution in [0.5, 0.6) is 17.2 Å². The molecule has 0 aliphatic rings. The number of amides is 2. The smallest absolute Gasteiger partial charge is 0.339 e. The first-order valence-electron chi connectivity index (χ1n) is 14.6. The number of pyridine rings is 1. The second-order valence-electron chi connectivity index (χ2n) is 13.1. The highest BCUT2D eigenvalue weighted by Gasteiger charge is 2.24. The maximum atomic E-state index is 15.0. The second-order valence-corrected chi connectivity index (χ2v) is 13.1. The number of halogens is 1. The molecule has 4 aromatic rings. The van der Waals surface area contributed by atoms with E-state index in [4.69, 9.17) is 4.74 Å². The van der Waals surface area contributed by atoms with Crippen LogP contribution in [0.1, 0.15) is 58.2 Å². The van der Waals surface area contributed by atoms with Crippen LogP contribution in [0.2, 0.25) is 0 Å². The second kappa shape index (κ2) is 13.4. The lowest BCUT2D eigenvalue weighted by atomic mass is 9.79. The molecule has 0 fully saturated rings. The number of hydrazone groups is 1. The van der Waals surface area contributed by atoms with Crippen LogP contribution in [0, 0.1) is 5.82 Å². The van der Waals surface area contributed by atoms with E-state index < -0.39 is 11.8 Å². The van der Waals surface area contributed by atoms with Crippen LogP contribution in [-0.2, 0) is 17.4 Å². The molecule has 0 atom stereocenters. The fourth-order valence-corrected chi connectivity index (χ4v) is 4.39. The molecule has 0 bridgehead atoms. The summed E-state index contributed by atoms with van der Waals surface area (Å²) >= 11 is 0. The molecule has 2 aromatic carbocycles. The van der Waals surface area contributed by atoms with Gasteiger partial charge in [0.05, 0.1) is 6.21 Å². The van der Waals surface area contributed by atoms with Crippen LogP contribution < -0.4 is 15.5 Å². The number of aromatic nitrogens is 4. The summed E-state index contributed by atoms with van der Waals surface area (Å²) in [7, 11) is 3.96. The molecule has 3 N–H and O–H groups in total. The highest BCUT2D eigenvalue weighted by Crippen LogP contribution is 2.37. The molecular formula is C33H41FN8O3. The van der Waals surface area contributed by atoms with Gasteiger partial charge in [0, 0.05) is 48.2 Å². The number of hydrogen-bond acceptors (Lipinski definition) is 8. The summed E-state index contributed by atoms with van der Waals surface area (Å²) in [6.45, 7) is 13.8. The molecule has 0 unspecified atom stereocenters. The molecule has 45 heavy (non-hydrogen) atoms. The van der Waals surface area contributed by atoms with Gasteiger partial charge in [0.2, 0.25) is 0 Å². The number of anilines is 1. The van der Waals surface area contributed by atoms with E-state index in [1.807, 2.05) is 51.6 Å². The SMILES string of the molecule is CN(C)CCn1cnnc1-c1cc(Oc2ccc(NC(=O)N/N=C/c3cc(C(C)(C)C)cc(C(C)(C)C)c3O)cc2F)ccn1. The summed E-state index contributed by atoms with van der Waals surface area (Å²) < 4.78 is 22.7. The largest absolute Gasteiger partial charge is 0.507 e. The molecule has 2 amide bonds. The van der Waals surface area contributed by atoms with Crippen molar-refractivity contribution in [1.29, 1.82) is 0 Å². The normalized spacial score (nSPS) is 12.1. The van der Waals surface area contributed by atoms with Gasteiger partial charge in [0.25, 0.3) is 0 Å². The number of ether oxygens (including phenoxy) is 1. The quantitative estimate of drug-likeness (QED) is 0.149. The Morgan fingerprint density at radius 3 is 2.51 bits per heavy atom. The first-order valence-corrected chi connectivity index (χ1v) is 14.6. The van der Waals surface area contributed by atoms with Gasteiger partial charge in [-0.25, -0.2) is 14.6 Å². The number of benzene rings is 2. The van der Waals surface area contributed by atoms with Gasteiger partial charge in [-0.15, -0.1) is 10.2 Å². The summed E-state index contributed by atoms with van der Waals surface area (Å²) in [5, 5.41) is 25.6. The summed E-state index contributed by atoms with van der Waals surface area (Å²) in [6.07, 6.45) is 4.58. The molecule has 2 heterocycles. The number of carbonyl (C=O) groups excluding carboxylic acids is 1. The van der Waals surface area contributed by atoms with Crippen molar-refractivity contribution in [2.24, 2.45) is 5.10 Å². The van der Waals surface area contributed by atoms with Gasteiger partial charge in [0.1, 0.15) is 23.5 Å². The Bertz CT molecular complexity index is 1690. The average molecular weight is 617 g/mol. The molecule has 0 aliphatic carbocycles. The van der Waals surface area contributed by atoms with Crippen molar-refractivity contribution >= 4 is 17.9 Å². The summed E-state index contributed by atoms with van der Waals surface area (Å²) in [5.74, 6) is 0.327. The molecule has 0 radical (unpaired) electrons. The summed E-state index contributed by atoms with van der Waals surface area (Å²) in [4.78, 5) is 18.9. The molecule has 0 aliphatic heterocycles. The summed E-state index contributed by atoms with van der Waals surface area (Å²) in [5.41, 5.74) is 4.93. The number of phenols is 1. The van der Waals surface area contributed by atoms with E-state index in [9.17, 15) is 14.3 Å². The van der Waals surface area contributed by atoms with Gasteiger partial charge >= 0.3 is 6.03 Å². The van der Waals surface area contributed by atoms with E-state index in [2.05, 4.69) is 56.7 Å². The molecule has 0 saturated heterocycles. The van der Waals surface area contributed by atoms with Crippen LogP contribution >= 0.6 is 0 Å². The Balaban J connectivity index is 1.42. The standard InChI is InChI=1S/C33H41FN8O3/c1-32(2,3)22-15-21(29(43)25(16-22)33(4,5)6)19-36-40-31(44)38-23-9-10-28(26(34)17-23)45-24-11-12-35-27(18-24)30-39-37-20-42(30)14-13-41(7)8/h9-12,15-20,43H,13-14H2,1-8H3,(H2,38,40,44)/b36-19+. The number of aromatic hydroxyl groups is 1. The van der Waals surface area contributed by atoms with Gasteiger partial charge in [-0.2, -0.15) is 5.10 Å². The zero-order valence-corrected chi connectivity index (χ0v) is 27.0. The fraction of sp³-hybridized carbons (Fsp3) is 0.364. The number of nitrogens with zero attached hydrogens (tertiary/aromatic N) is 6. The number of rotatable bonds is 9. The third-order valence-corrected chi connectivity index (χ3v) is 6.96. The Labute approximate surface area is 263 Å². The van der Waals surface area contributed by atoms with Crippen LogP contribution in [0.15, 0.2) is 60.1 Å². The number of phenolic OH excluding ortho intramolecular Hbond substituents is 1. The van der Waals surface area contributed by atoms with Crippen molar-refractivity contribution in [2.75, 3.05) is 26.0 Å². The third kappa shape index (κ3) is 8.63. The Morgan fingerprint density at radius 2 is 1.84 bits per heavy atom. The fourth-order valence-electron chi connectivity index (χ4n) is 4.39. The molecule has 12 heteroatoms. The Kier molecular flexibility index (Phi) is 9.87. The van der Waals surface area contributed by atoms with Crippen molar-refractivity contribution in [2.45, 2.75) is 58.9 Å². The van der Waals surface area contributed by atoms with Gasteiger partial charge in [-0.1, -0.05) is 47.6 Å². The maximum absolute atomic E-state index is 15.0. The van der Waals surface area contributed by atoms with Gasteiger partial charge in [-0.05, 0) is 54.8 Å². The minimum Gasteiger partial charge on any atom is -0.507 e. The van der Waals surface area contributed by atoms with Crippen molar-refractivity contribution in [3.63, 3.8) is 0 Å². The highest BCUT2D eigenvalue weighted by atomic mass is 19.1. The molecule has 0 spiro atoms. The number of likely N-dealkylation sites (N-methyl/N-ethyl adjacent to an activating group) is 1.